The van der Waals surface area contributed by atoms with Crippen molar-refractivity contribution in [3.8, 4) is 0 Å². The quantitative estimate of drug-likeness (QED) is 0.918. The number of hydrogen-bond donors (Lipinski definition) is 1. The number of aromatic nitrogens is 2. The Labute approximate surface area is 117 Å². The summed E-state index contributed by atoms with van der Waals surface area (Å²) in [6.07, 6.45) is 0. The van der Waals surface area contributed by atoms with Gasteiger partial charge in [-0.15, -0.1) is 0 Å². The highest BCUT2D eigenvalue weighted by molar-refractivity contribution is 5.93. The summed E-state index contributed by atoms with van der Waals surface area (Å²) in [5.74, 6) is -0.0280. The second kappa shape index (κ2) is 5.09. The van der Waals surface area contributed by atoms with Crippen molar-refractivity contribution in [2.75, 3.05) is 0 Å². The highest BCUT2D eigenvalue weighted by Gasteiger charge is 2.31. The number of hydrogen-bond acceptors (Lipinski definition) is 3. The van der Waals surface area contributed by atoms with E-state index in [1.165, 1.54) is 0 Å². The molecule has 0 bridgehead atoms. The molecule has 2 aromatic rings. The van der Waals surface area contributed by atoms with E-state index in [0.29, 0.717) is 24.5 Å². The molecule has 0 spiro atoms. The summed E-state index contributed by atoms with van der Waals surface area (Å²) in [6, 6.07) is 11.7. The molecule has 5 nitrogen and oxygen atoms in total. The van der Waals surface area contributed by atoms with E-state index in [0.717, 1.165) is 5.56 Å². The Morgan fingerprint density at radius 1 is 1.35 bits per heavy atom. The van der Waals surface area contributed by atoms with E-state index in [4.69, 9.17) is 5.11 Å². The normalized spacial score (nSPS) is 18.2. The molecular formula is C15H17N3O2. The van der Waals surface area contributed by atoms with Crippen molar-refractivity contribution in [2.24, 2.45) is 0 Å². The summed E-state index contributed by atoms with van der Waals surface area (Å²) < 4.78 is 1.69. The summed E-state index contributed by atoms with van der Waals surface area (Å²) in [4.78, 5) is 14.4. The SMILES string of the molecule is C[C@@H]1Cn2nc(CO)cc2C(=O)N1Cc1ccccc1. The molecule has 2 heterocycles. The first-order valence-corrected chi connectivity index (χ1v) is 6.71. The Hall–Kier alpha value is -2.14. The number of nitrogens with zero attached hydrogens (tertiary/aromatic N) is 3. The summed E-state index contributed by atoms with van der Waals surface area (Å²) in [5, 5.41) is 13.4. The fraction of sp³-hybridized carbons (Fsp3) is 0.333. The maximum Gasteiger partial charge on any atom is 0.272 e. The summed E-state index contributed by atoms with van der Waals surface area (Å²) >= 11 is 0. The molecule has 1 aromatic carbocycles. The molecule has 104 valence electrons. The van der Waals surface area contributed by atoms with E-state index >= 15 is 0 Å². The van der Waals surface area contributed by atoms with Crippen LogP contribution >= 0.6 is 0 Å². The van der Waals surface area contributed by atoms with Crippen LogP contribution < -0.4 is 0 Å². The average Bonchev–Trinajstić information content (AvgIpc) is 2.88. The topological polar surface area (TPSA) is 58.4 Å². The van der Waals surface area contributed by atoms with E-state index in [-0.39, 0.29) is 18.6 Å². The standard InChI is InChI=1S/C15H17N3O2/c1-11-8-18-14(7-13(10-19)16-18)15(20)17(11)9-12-5-3-2-4-6-12/h2-7,11,19H,8-10H2,1H3/t11-/m1/s1. The first-order chi connectivity index (χ1) is 9.69. The van der Waals surface area contributed by atoms with Gasteiger partial charge in [-0.3, -0.25) is 9.48 Å². The Morgan fingerprint density at radius 3 is 2.80 bits per heavy atom. The lowest BCUT2D eigenvalue weighted by molar-refractivity contribution is 0.0584. The van der Waals surface area contributed by atoms with Crippen molar-refractivity contribution < 1.29 is 9.90 Å². The Bertz CT molecular complexity index is 621. The van der Waals surface area contributed by atoms with Gasteiger partial charge in [-0.05, 0) is 18.6 Å². The van der Waals surface area contributed by atoms with Gasteiger partial charge in [0, 0.05) is 12.6 Å². The van der Waals surface area contributed by atoms with Crippen molar-refractivity contribution in [1.29, 1.82) is 0 Å². The number of benzene rings is 1. The molecule has 20 heavy (non-hydrogen) atoms. The summed E-state index contributed by atoms with van der Waals surface area (Å²) in [5.41, 5.74) is 2.22. The highest BCUT2D eigenvalue weighted by atomic mass is 16.3. The molecule has 1 amide bonds. The van der Waals surface area contributed by atoms with Crippen LogP contribution in [0.1, 0.15) is 28.7 Å². The molecule has 1 aliphatic heterocycles. The largest absolute Gasteiger partial charge is 0.390 e. The predicted molar refractivity (Wildman–Crippen MR) is 73.9 cm³/mol. The van der Waals surface area contributed by atoms with Crippen LogP contribution in [0.3, 0.4) is 0 Å². The summed E-state index contributed by atoms with van der Waals surface area (Å²) in [6.45, 7) is 3.14. The molecule has 5 heteroatoms. The molecule has 1 aliphatic rings. The van der Waals surface area contributed by atoms with Crippen molar-refractivity contribution in [3.63, 3.8) is 0 Å². The van der Waals surface area contributed by atoms with Crippen LogP contribution in [0.25, 0.3) is 0 Å². The molecule has 1 aromatic heterocycles. The minimum Gasteiger partial charge on any atom is -0.390 e. The van der Waals surface area contributed by atoms with Crippen LogP contribution in [0.15, 0.2) is 36.4 Å². The van der Waals surface area contributed by atoms with Gasteiger partial charge < -0.3 is 10.0 Å². The third kappa shape index (κ3) is 2.20. The fourth-order valence-corrected chi connectivity index (χ4v) is 2.56. The molecule has 0 unspecified atom stereocenters. The second-order valence-electron chi connectivity index (χ2n) is 5.13. The summed E-state index contributed by atoms with van der Waals surface area (Å²) in [7, 11) is 0. The highest BCUT2D eigenvalue weighted by Crippen LogP contribution is 2.20. The third-order valence-corrected chi connectivity index (χ3v) is 3.64. The zero-order chi connectivity index (χ0) is 14.1. The number of aliphatic hydroxyl groups excluding tert-OH is 1. The first kappa shape index (κ1) is 12.9. The van der Waals surface area contributed by atoms with Gasteiger partial charge in [0.15, 0.2) is 0 Å². The Balaban J connectivity index is 1.88. The van der Waals surface area contributed by atoms with E-state index in [9.17, 15) is 4.79 Å². The van der Waals surface area contributed by atoms with Gasteiger partial charge in [0.2, 0.25) is 0 Å². The number of fused-ring (bicyclic) bond motifs is 1. The molecule has 0 radical (unpaired) electrons. The van der Waals surface area contributed by atoms with Crippen LogP contribution in [-0.2, 0) is 19.7 Å². The fourth-order valence-electron chi connectivity index (χ4n) is 2.56. The van der Waals surface area contributed by atoms with Crippen LogP contribution in [0, 0.1) is 0 Å². The van der Waals surface area contributed by atoms with E-state index < -0.39 is 0 Å². The lowest BCUT2D eigenvalue weighted by atomic mass is 10.1. The maximum absolute atomic E-state index is 12.5. The number of amides is 1. The number of carbonyl (C=O) groups excluding carboxylic acids is 1. The van der Waals surface area contributed by atoms with E-state index in [2.05, 4.69) is 5.10 Å². The van der Waals surface area contributed by atoms with Gasteiger partial charge in [-0.1, -0.05) is 30.3 Å². The predicted octanol–water partition coefficient (Wildman–Crippen LogP) is 1.42. The molecular weight excluding hydrogens is 254 g/mol. The van der Waals surface area contributed by atoms with Gasteiger partial charge in [0.1, 0.15) is 5.69 Å². The van der Waals surface area contributed by atoms with Gasteiger partial charge >= 0.3 is 0 Å². The molecule has 0 fully saturated rings. The van der Waals surface area contributed by atoms with Crippen molar-refractivity contribution in [1.82, 2.24) is 14.7 Å². The van der Waals surface area contributed by atoms with Crippen molar-refractivity contribution >= 4 is 5.91 Å². The molecule has 0 aliphatic carbocycles. The van der Waals surface area contributed by atoms with E-state index in [1.54, 1.807) is 10.7 Å². The zero-order valence-electron chi connectivity index (χ0n) is 11.4. The van der Waals surface area contributed by atoms with Crippen LogP contribution in [0.2, 0.25) is 0 Å². The Kier molecular flexibility index (Phi) is 3.28. The lowest BCUT2D eigenvalue weighted by Gasteiger charge is -2.33. The van der Waals surface area contributed by atoms with E-state index in [1.807, 2.05) is 42.2 Å². The minimum absolute atomic E-state index is 0.0280. The molecule has 0 saturated heterocycles. The lowest BCUT2D eigenvalue weighted by Crippen LogP contribution is -2.46. The zero-order valence-corrected chi connectivity index (χ0v) is 11.4. The minimum atomic E-state index is -0.139. The molecule has 3 rings (SSSR count). The van der Waals surface area contributed by atoms with Crippen molar-refractivity contribution in [3.05, 3.63) is 53.3 Å². The smallest absolute Gasteiger partial charge is 0.272 e. The monoisotopic (exact) mass is 271 g/mol. The van der Waals surface area contributed by atoms with Gasteiger partial charge in [-0.2, -0.15) is 5.10 Å². The number of aliphatic hydroxyl groups is 1. The first-order valence-electron chi connectivity index (χ1n) is 6.71. The number of carbonyl (C=O) groups is 1. The van der Waals surface area contributed by atoms with Crippen LogP contribution in [0.4, 0.5) is 0 Å². The van der Waals surface area contributed by atoms with Crippen molar-refractivity contribution in [2.45, 2.75) is 32.7 Å². The average molecular weight is 271 g/mol. The molecule has 1 N–H and O–H groups in total. The van der Waals surface area contributed by atoms with Crippen LogP contribution in [0.5, 0.6) is 0 Å². The van der Waals surface area contributed by atoms with Gasteiger partial charge in [0.05, 0.1) is 18.8 Å². The Morgan fingerprint density at radius 2 is 2.10 bits per heavy atom. The second-order valence-corrected chi connectivity index (χ2v) is 5.13. The third-order valence-electron chi connectivity index (χ3n) is 3.64. The van der Waals surface area contributed by atoms with Crippen LogP contribution in [-0.4, -0.2) is 31.7 Å². The number of rotatable bonds is 3. The molecule has 0 saturated carbocycles. The molecule has 1 atom stereocenters. The van der Waals surface area contributed by atoms with Gasteiger partial charge in [0.25, 0.3) is 5.91 Å². The van der Waals surface area contributed by atoms with Gasteiger partial charge in [-0.25, -0.2) is 0 Å². The maximum atomic E-state index is 12.5.